The van der Waals surface area contributed by atoms with Crippen LogP contribution < -0.4 is 0 Å². The number of hydrogen-bond donors (Lipinski definition) is 1. The number of aryl methyl sites for hydroxylation is 1. The van der Waals surface area contributed by atoms with Gasteiger partial charge in [-0.05, 0) is 24.1 Å². The number of aliphatic hydroxyl groups excluding tert-OH is 1. The van der Waals surface area contributed by atoms with Gasteiger partial charge in [0.1, 0.15) is 0 Å². The molecular weight excluding hydrogens is 260 g/mol. The summed E-state index contributed by atoms with van der Waals surface area (Å²) in [5.41, 5.74) is 1.75. The van der Waals surface area contributed by atoms with Gasteiger partial charge in [-0.2, -0.15) is 0 Å². The van der Waals surface area contributed by atoms with Crippen molar-refractivity contribution >= 4 is 21.9 Å². The van der Waals surface area contributed by atoms with Crippen molar-refractivity contribution in [2.24, 2.45) is 0 Å². The molecule has 1 rings (SSSR count). The smallest absolute Gasteiger partial charge is 0.308 e. The van der Waals surface area contributed by atoms with Gasteiger partial charge in [0.25, 0.3) is 0 Å². The molecule has 0 unspecified atom stereocenters. The summed E-state index contributed by atoms with van der Waals surface area (Å²) in [6, 6.07) is 5.48. The van der Waals surface area contributed by atoms with Crippen LogP contribution in [-0.4, -0.2) is 18.2 Å². The Labute approximate surface area is 97.2 Å². The maximum absolute atomic E-state index is 11.0. The summed E-state index contributed by atoms with van der Waals surface area (Å²) in [4.78, 5) is 11.0. The Bertz CT molecular complexity index is 363. The van der Waals surface area contributed by atoms with Crippen molar-refractivity contribution in [3.63, 3.8) is 0 Å². The summed E-state index contributed by atoms with van der Waals surface area (Å²) in [6.07, 6.45) is -0.818. The summed E-state index contributed by atoms with van der Waals surface area (Å²) in [5, 5.41) is 9.72. The van der Waals surface area contributed by atoms with Crippen LogP contribution in [0.4, 0.5) is 0 Å². The van der Waals surface area contributed by atoms with Crippen LogP contribution in [0.1, 0.15) is 23.7 Å². The van der Waals surface area contributed by atoms with E-state index in [-0.39, 0.29) is 6.42 Å². The highest BCUT2D eigenvalue weighted by Gasteiger charge is 2.13. The minimum Gasteiger partial charge on any atom is -0.469 e. The molecule has 4 heteroatoms. The van der Waals surface area contributed by atoms with E-state index in [0.717, 1.165) is 15.6 Å². The molecule has 0 aromatic heterocycles. The lowest BCUT2D eigenvalue weighted by atomic mass is 10.0. The number of carbonyl (C=O) groups is 1. The van der Waals surface area contributed by atoms with Gasteiger partial charge >= 0.3 is 5.97 Å². The van der Waals surface area contributed by atoms with Gasteiger partial charge in [-0.3, -0.25) is 4.79 Å². The van der Waals surface area contributed by atoms with E-state index in [9.17, 15) is 9.90 Å². The molecule has 3 nitrogen and oxygen atoms in total. The maximum Gasteiger partial charge on any atom is 0.308 e. The second-order valence-electron chi connectivity index (χ2n) is 3.30. The van der Waals surface area contributed by atoms with Crippen LogP contribution in [0.2, 0.25) is 0 Å². The number of rotatable bonds is 3. The Hall–Kier alpha value is -0.870. The lowest BCUT2D eigenvalue weighted by Crippen LogP contribution is -2.08. The molecule has 1 aromatic rings. The molecule has 0 heterocycles. The summed E-state index contributed by atoms with van der Waals surface area (Å²) < 4.78 is 5.47. The Morgan fingerprint density at radius 2 is 2.27 bits per heavy atom. The van der Waals surface area contributed by atoms with Crippen molar-refractivity contribution in [1.29, 1.82) is 0 Å². The SMILES string of the molecule is COC(=O)C[C@@H](O)c1ccc(Br)c(C)c1. The number of ether oxygens (including phenoxy) is 1. The first-order valence-corrected chi connectivity index (χ1v) is 5.35. The molecule has 0 saturated heterocycles. The number of hydrogen-bond acceptors (Lipinski definition) is 3. The fourth-order valence-corrected chi connectivity index (χ4v) is 1.48. The van der Waals surface area contributed by atoms with Gasteiger partial charge in [0.15, 0.2) is 0 Å². The quantitative estimate of drug-likeness (QED) is 0.860. The van der Waals surface area contributed by atoms with Crippen LogP contribution >= 0.6 is 15.9 Å². The number of esters is 1. The lowest BCUT2D eigenvalue weighted by molar-refractivity contribution is -0.142. The predicted molar refractivity (Wildman–Crippen MR) is 60.5 cm³/mol. The number of aliphatic hydroxyl groups is 1. The number of methoxy groups -OCH3 is 1. The molecule has 0 aliphatic carbocycles. The molecule has 0 radical (unpaired) electrons. The largest absolute Gasteiger partial charge is 0.469 e. The van der Waals surface area contributed by atoms with Crippen molar-refractivity contribution in [1.82, 2.24) is 0 Å². The van der Waals surface area contributed by atoms with Crippen LogP contribution in [0.25, 0.3) is 0 Å². The van der Waals surface area contributed by atoms with Gasteiger partial charge in [0, 0.05) is 4.47 Å². The zero-order chi connectivity index (χ0) is 11.4. The standard InChI is InChI=1S/C11H13BrO3/c1-7-5-8(3-4-9(7)12)10(13)6-11(14)15-2/h3-5,10,13H,6H2,1-2H3/t10-/m1/s1. The number of carbonyl (C=O) groups excluding carboxylic acids is 1. The number of benzene rings is 1. The third-order valence-electron chi connectivity index (χ3n) is 2.15. The molecule has 0 fully saturated rings. The second kappa shape index (κ2) is 5.28. The van der Waals surface area contributed by atoms with Crippen LogP contribution in [0.15, 0.2) is 22.7 Å². The van der Waals surface area contributed by atoms with E-state index < -0.39 is 12.1 Å². The lowest BCUT2D eigenvalue weighted by Gasteiger charge is -2.10. The van der Waals surface area contributed by atoms with E-state index in [2.05, 4.69) is 20.7 Å². The first-order chi connectivity index (χ1) is 7.04. The predicted octanol–water partition coefficient (Wildman–Crippen LogP) is 2.35. The monoisotopic (exact) mass is 272 g/mol. The highest BCUT2D eigenvalue weighted by Crippen LogP contribution is 2.23. The normalized spacial score (nSPS) is 12.3. The molecular formula is C11H13BrO3. The Morgan fingerprint density at radius 3 is 2.80 bits per heavy atom. The second-order valence-corrected chi connectivity index (χ2v) is 4.16. The molecule has 0 bridgehead atoms. The molecule has 1 aromatic carbocycles. The highest BCUT2D eigenvalue weighted by molar-refractivity contribution is 9.10. The van der Waals surface area contributed by atoms with E-state index in [1.807, 2.05) is 19.1 Å². The van der Waals surface area contributed by atoms with E-state index >= 15 is 0 Å². The van der Waals surface area contributed by atoms with Gasteiger partial charge in [0.2, 0.25) is 0 Å². The zero-order valence-electron chi connectivity index (χ0n) is 8.66. The summed E-state index contributed by atoms with van der Waals surface area (Å²) in [5.74, 6) is -0.414. The summed E-state index contributed by atoms with van der Waals surface area (Å²) in [7, 11) is 1.31. The van der Waals surface area contributed by atoms with E-state index in [1.165, 1.54) is 7.11 Å². The van der Waals surface area contributed by atoms with E-state index in [4.69, 9.17) is 0 Å². The maximum atomic E-state index is 11.0. The average molecular weight is 273 g/mol. The fraction of sp³-hybridized carbons (Fsp3) is 0.364. The zero-order valence-corrected chi connectivity index (χ0v) is 10.2. The van der Waals surface area contributed by atoms with Gasteiger partial charge in [-0.15, -0.1) is 0 Å². The van der Waals surface area contributed by atoms with Gasteiger partial charge in [-0.25, -0.2) is 0 Å². The van der Waals surface area contributed by atoms with E-state index in [0.29, 0.717) is 0 Å². The molecule has 1 atom stereocenters. The van der Waals surface area contributed by atoms with Crippen LogP contribution in [-0.2, 0) is 9.53 Å². The molecule has 1 N–H and O–H groups in total. The molecule has 15 heavy (non-hydrogen) atoms. The molecule has 0 spiro atoms. The Balaban J connectivity index is 2.78. The first-order valence-electron chi connectivity index (χ1n) is 4.55. The minimum atomic E-state index is -0.802. The third-order valence-corrected chi connectivity index (χ3v) is 3.04. The van der Waals surface area contributed by atoms with Crippen molar-refractivity contribution < 1.29 is 14.6 Å². The summed E-state index contributed by atoms with van der Waals surface area (Å²) >= 11 is 3.37. The Kier molecular flexibility index (Phi) is 4.29. The van der Waals surface area contributed by atoms with Crippen LogP contribution in [0.5, 0.6) is 0 Å². The first kappa shape index (κ1) is 12.2. The minimum absolute atomic E-state index is 0.0163. The molecule has 0 saturated carbocycles. The number of halogens is 1. The van der Waals surface area contributed by atoms with Crippen LogP contribution in [0, 0.1) is 6.92 Å². The fourth-order valence-electron chi connectivity index (χ4n) is 1.23. The summed E-state index contributed by atoms with van der Waals surface area (Å²) in [6.45, 7) is 1.93. The van der Waals surface area contributed by atoms with E-state index in [1.54, 1.807) is 6.07 Å². The molecule has 0 amide bonds. The van der Waals surface area contributed by atoms with Crippen molar-refractivity contribution in [2.75, 3.05) is 7.11 Å². The van der Waals surface area contributed by atoms with Gasteiger partial charge in [0.05, 0.1) is 19.6 Å². The van der Waals surface area contributed by atoms with Crippen molar-refractivity contribution in [3.8, 4) is 0 Å². The molecule has 0 aliphatic heterocycles. The van der Waals surface area contributed by atoms with Gasteiger partial charge in [-0.1, -0.05) is 28.1 Å². The topological polar surface area (TPSA) is 46.5 Å². The average Bonchev–Trinajstić information content (AvgIpc) is 2.21. The van der Waals surface area contributed by atoms with Crippen LogP contribution in [0.3, 0.4) is 0 Å². The van der Waals surface area contributed by atoms with Gasteiger partial charge < -0.3 is 9.84 Å². The van der Waals surface area contributed by atoms with Crippen molar-refractivity contribution in [2.45, 2.75) is 19.4 Å². The third kappa shape index (κ3) is 3.32. The highest BCUT2D eigenvalue weighted by atomic mass is 79.9. The van der Waals surface area contributed by atoms with Crippen molar-refractivity contribution in [3.05, 3.63) is 33.8 Å². The Morgan fingerprint density at radius 1 is 1.60 bits per heavy atom. The molecule has 0 aliphatic rings. The molecule has 82 valence electrons.